The van der Waals surface area contributed by atoms with E-state index in [0.29, 0.717) is 36.2 Å². The third kappa shape index (κ3) is 4.14. The Morgan fingerprint density at radius 3 is 2.23 bits per heavy atom. The van der Waals surface area contributed by atoms with Crippen LogP contribution in [0, 0.1) is 5.92 Å². The van der Waals surface area contributed by atoms with Gasteiger partial charge in [-0.05, 0) is 54.7 Å². The van der Waals surface area contributed by atoms with E-state index in [2.05, 4.69) is 0 Å². The molecule has 1 aliphatic heterocycles. The molecule has 1 fully saturated rings. The van der Waals surface area contributed by atoms with E-state index >= 15 is 0 Å². The summed E-state index contributed by atoms with van der Waals surface area (Å²) in [6.45, 7) is 1.00. The molecule has 0 bridgehead atoms. The topological polar surface area (TPSA) is 86.7 Å². The fourth-order valence-corrected chi connectivity index (χ4v) is 4.50. The summed E-state index contributed by atoms with van der Waals surface area (Å²) in [5.74, 6) is -0.353. The van der Waals surface area contributed by atoms with Crippen molar-refractivity contribution in [2.75, 3.05) is 6.54 Å². The molecule has 0 atom stereocenters. The van der Waals surface area contributed by atoms with Crippen LogP contribution in [-0.4, -0.2) is 34.2 Å². The Balaban J connectivity index is 1.46. The first kappa shape index (κ1) is 20.3. The van der Waals surface area contributed by atoms with E-state index in [1.54, 1.807) is 46.8 Å². The van der Waals surface area contributed by atoms with Gasteiger partial charge >= 0.3 is 0 Å². The number of fused-ring (bicyclic) bond motifs is 1. The third-order valence-corrected chi connectivity index (χ3v) is 6.26. The quantitative estimate of drug-likeness (QED) is 0.460. The number of hydrogen-bond acceptors (Lipinski definition) is 4. The van der Waals surface area contributed by atoms with Crippen molar-refractivity contribution in [2.45, 2.75) is 45.1 Å². The van der Waals surface area contributed by atoms with Gasteiger partial charge in [0.05, 0.1) is 0 Å². The number of carbonyl (C=O) groups is 3. The Morgan fingerprint density at radius 2 is 1.53 bits per heavy atom. The Hall–Kier alpha value is -2.99. The van der Waals surface area contributed by atoms with Gasteiger partial charge in [-0.3, -0.25) is 19.6 Å². The minimum Gasteiger partial charge on any atom is -0.334 e. The Morgan fingerprint density at radius 1 is 0.867 bits per heavy atom. The van der Waals surface area contributed by atoms with Crippen LogP contribution in [0.2, 0.25) is 0 Å². The van der Waals surface area contributed by atoms with Gasteiger partial charge in [-0.15, -0.1) is 0 Å². The highest BCUT2D eigenvalue weighted by Gasteiger charge is 2.25. The minimum atomic E-state index is -0.570. The molecule has 6 nitrogen and oxygen atoms in total. The molecule has 0 radical (unpaired) electrons. The van der Waals surface area contributed by atoms with Crippen LogP contribution in [0.3, 0.4) is 0 Å². The highest BCUT2D eigenvalue weighted by Crippen LogP contribution is 2.27. The second kappa shape index (κ2) is 8.79. The van der Waals surface area contributed by atoms with Crippen molar-refractivity contribution in [3.63, 3.8) is 0 Å². The molecule has 6 heteroatoms. The van der Waals surface area contributed by atoms with E-state index in [4.69, 9.17) is 5.21 Å². The van der Waals surface area contributed by atoms with Crippen molar-refractivity contribution in [2.24, 2.45) is 5.92 Å². The molecule has 0 aromatic heterocycles. The molecule has 2 amide bonds. The summed E-state index contributed by atoms with van der Waals surface area (Å²) < 4.78 is 0. The molecule has 2 aromatic carbocycles. The monoisotopic (exact) mass is 406 g/mol. The van der Waals surface area contributed by atoms with Crippen molar-refractivity contribution in [3.8, 4) is 0 Å². The third-order valence-electron chi connectivity index (χ3n) is 6.26. The first-order valence-corrected chi connectivity index (χ1v) is 10.6. The van der Waals surface area contributed by atoms with Gasteiger partial charge in [-0.2, -0.15) is 0 Å². The molecule has 0 saturated heterocycles. The number of hydrogen-bond donors (Lipinski definition) is 2. The van der Waals surface area contributed by atoms with Crippen molar-refractivity contribution in [3.05, 3.63) is 70.3 Å². The number of rotatable bonds is 4. The van der Waals surface area contributed by atoms with E-state index in [1.165, 1.54) is 6.42 Å². The van der Waals surface area contributed by atoms with Crippen LogP contribution in [0.4, 0.5) is 0 Å². The number of ketones is 1. The van der Waals surface area contributed by atoms with Gasteiger partial charge in [-0.1, -0.05) is 37.5 Å². The maximum absolute atomic E-state index is 13.0. The first-order valence-electron chi connectivity index (χ1n) is 10.6. The van der Waals surface area contributed by atoms with Crippen LogP contribution in [0.5, 0.6) is 0 Å². The maximum atomic E-state index is 13.0. The van der Waals surface area contributed by atoms with Gasteiger partial charge < -0.3 is 4.90 Å². The molecule has 2 aromatic rings. The predicted octanol–water partition coefficient (Wildman–Crippen LogP) is 3.77. The summed E-state index contributed by atoms with van der Waals surface area (Å²) in [4.78, 5) is 39.1. The minimum absolute atomic E-state index is 0.0886. The smallest absolute Gasteiger partial charge is 0.274 e. The summed E-state index contributed by atoms with van der Waals surface area (Å²) in [7, 11) is 0. The molecule has 2 aliphatic rings. The van der Waals surface area contributed by atoms with E-state index in [-0.39, 0.29) is 17.6 Å². The molecule has 156 valence electrons. The summed E-state index contributed by atoms with van der Waals surface area (Å²) in [5.41, 5.74) is 5.24. The number of nitrogens with zero attached hydrogens (tertiary/aromatic N) is 1. The van der Waals surface area contributed by atoms with Crippen LogP contribution in [0.15, 0.2) is 42.5 Å². The standard InChI is InChI=1S/C24H26N2O4/c27-22(17-4-2-1-3-5-17)18-7-9-19(10-8-18)24(29)26-13-12-16-6-11-20(23(28)25-30)14-21(16)15-26/h6-11,14,17,30H,1-5,12-13,15H2,(H,25,28). The molecule has 1 saturated carbocycles. The lowest BCUT2D eigenvalue weighted by Gasteiger charge is -2.29. The molecule has 30 heavy (non-hydrogen) atoms. The average Bonchev–Trinajstić information content (AvgIpc) is 2.82. The summed E-state index contributed by atoms with van der Waals surface area (Å²) in [6, 6.07) is 12.3. The van der Waals surface area contributed by atoms with E-state index in [1.807, 2.05) is 6.07 Å². The highest BCUT2D eigenvalue weighted by atomic mass is 16.5. The molecule has 0 unspecified atom stereocenters. The fourth-order valence-electron chi connectivity index (χ4n) is 4.50. The predicted molar refractivity (Wildman–Crippen MR) is 111 cm³/mol. The molecular formula is C24H26N2O4. The number of amides is 2. The van der Waals surface area contributed by atoms with Gasteiger partial charge in [0.15, 0.2) is 5.78 Å². The lowest BCUT2D eigenvalue weighted by Crippen LogP contribution is -2.36. The van der Waals surface area contributed by atoms with E-state index in [0.717, 1.165) is 36.8 Å². The van der Waals surface area contributed by atoms with Crippen LogP contribution in [-0.2, 0) is 13.0 Å². The fraction of sp³-hybridized carbons (Fsp3) is 0.375. The molecule has 0 spiro atoms. The second-order valence-corrected chi connectivity index (χ2v) is 8.18. The van der Waals surface area contributed by atoms with Crippen LogP contribution in [0.25, 0.3) is 0 Å². The first-order chi connectivity index (χ1) is 14.6. The number of Topliss-reactive ketones (excluding diaryl/α,β-unsaturated/α-hetero) is 1. The van der Waals surface area contributed by atoms with Gasteiger partial charge in [0, 0.05) is 35.7 Å². The van der Waals surface area contributed by atoms with Crippen LogP contribution >= 0.6 is 0 Å². The summed E-state index contributed by atoms with van der Waals surface area (Å²) in [5, 5.41) is 8.84. The Labute approximate surface area is 175 Å². The SMILES string of the molecule is O=C(NO)c1ccc2c(c1)CN(C(=O)c1ccc(C(=O)C3CCCCC3)cc1)CC2. The zero-order valence-corrected chi connectivity index (χ0v) is 16.9. The maximum Gasteiger partial charge on any atom is 0.274 e. The zero-order chi connectivity index (χ0) is 21.1. The number of hydroxylamine groups is 1. The molecular weight excluding hydrogens is 380 g/mol. The van der Waals surface area contributed by atoms with Gasteiger partial charge in [0.25, 0.3) is 11.8 Å². The van der Waals surface area contributed by atoms with E-state index in [9.17, 15) is 14.4 Å². The van der Waals surface area contributed by atoms with Crippen molar-refractivity contribution < 1.29 is 19.6 Å². The van der Waals surface area contributed by atoms with Crippen molar-refractivity contribution in [1.29, 1.82) is 0 Å². The summed E-state index contributed by atoms with van der Waals surface area (Å²) in [6.07, 6.45) is 6.07. The highest BCUT2D eigenvalue weighted by molar-refractivity contribution is 6.00. The van der Waals surface area contributed by atoms with E-state index < -0.39 is 5.91 Å². The van der Waals surface area contributed by atoms with Crippen LogP contribution in [0.1, 0.15) is 74.3 Å². The lowest BCUT2D eigenvalue weighted by atomic mass is 9.84. The lowest BCUT2D eigenvalue weighted by molar-refractivity contribution is 0.0706. The Bertz CT molecular complexity index is 962. The van der Waals surface area contributed by atoms with Gasteiger partial charge in [0.1, 0.15) is 0 Å². The molecule has 2 N–H and O–H groups in total. The number of benzene rings is 2. The van der Waals surface area contributed by atoms with Crippen molar-refractivity contribution >= 4 is 17.6 Å². The largest absolute Gasteiger partial charge is 0.334 e. The zero-order valence-electron chi connectivity index (χ0n) is 16.9. The van der Waals surface area contributed by atoms with Crippen LogP contribution < -0.4 is 5.48 Å². The van der Waals surface area contributed by atoms with Gasteiger partial charge in [0.2, 0.25) is 0 Å². The van der Waals surface area contributed by atoms with Gasteiger partial charge in [-0.25, -0.2) is 5.48 Å². The summed E-state index contributed by atoms with van der Waals surface area (Å²) >= 11 is 0. The molecule has 1 heterocycles. The molecule has 1 aliphatic carbocycles. The Kier molecular flexibility index (Phi) is 5.95. The number of nitrogens with one attached hydrogen (secondary N) is 1. The normalized spacial score (nSPS) is 16.6. The van der Waals surface area contributed by atoms with Crippen molar-refractivity contribution in [1.82, 2.24) is 10.4 Å². The molecule has 4 rings (SSSR count). The number of carbonyl (C=O) groups excluding carboxylic acids is 3. The second-order valence-electron chi connectivity index (χ2n) is 8.18. The average molecular weight is 406 g/mol.